The van der Waals surface area contributed by atoms with Crippen molar-refractivity contribution in [1.29, 1.82) is 5.26 Å². The summed E-state index contributed by atoms with van der Waals surface area (Å²) in [6.07, 6.45) is 5.74. The van der Waals surface area contributed by atoms with E-state index in [9.17, 15) is 0 Å². The molecule has 84 valence electrons. The molecular weight excluding hydrogens is 204 g/mol. The number of nitrogens with zero attached hydrogens (tertiary/aromatic N) is 3. The van der Waals surface area contributed by atoms with Crippen LogP contribution in [0.25, 0.3) is 0 Å². The Kier molecular flexibility index (Phi) is 3.67. The average Bonchev–Trinajstić information content (AvgIpc) is 2.38. The Morgan fingerprint density at radius 2 is 2.06 bits per heavy atom. The fraction of sp³-hybridized carbons (Fsp3) is 0.545. The Hall–Kier alpha value is -1.67. The zero-order chi connectivity index (χ0) is 11.2. The lowest BCUT2D eigenvalue weighted by Crippen LogP contribution is -2.14. The van der Waals surface area contributed by atoms with E-state index in [1.165, 1.54) is 0 Å². The lowest BCUT2D eigenvalue weighted by atomic mass is 9.94. The first-order chi connectivity index (χ1) is 7.90. The zero-order valence-corrected chi connectivity index (χ0v) is 9.02. The summed E-state index contributed by atoms with van der Waals surface area (Å²) in [5.74, 6) is 1.02. The van der Waals surface area contributed by atoms with Crippen molar-refractivity contribution < 1.29 is 4.74 Å². The number of hydrogen-bond donors (Lipinski definition) is 1. The molecular formula is C11H14N4O. The maximum Gasteiger partial charge on any atom is 0.223 e. The average molecular weight is 218 g/mol. The second-order valence-corrected chi connectivity index (χ2v) is 3.74. The summed E-state index contributed by atoms with van der Waals surface area (Å²) in [6.45, 7) is 1.87. The van der Waals surface area contributed by atoms with Gasteiger partial charge < -0.3 is 10.1 Å². The van der Waals surface area contributed by atoms with Crippen LogP contribution in [0.4, 0.5) is 5.95 Å². The number of rotatable bonds is 3. The third-order valence-corrected chi connectivity index (χ3v) is 2.69. The van der Waals surface area contributed by atoms with Crippen molar-refractivity contribution in [2.24, 2.45) is 0 Å². The van der Waals surface area contributed by atoms with E-state index < -0.39 is 0 Å². The summed E-state index contributed by atoms with van der Waals surface area (Å²) in [7, 11) is 0. The van der Waals surface area contributed by atoms with Gasteiger partial charge in [-0.3, -0.25) is 0 Å². The maximum absolute atomic E-state index is 8.40. The quantitative estimate of drug-likeness (QED) is 0.774. The largest absolute Gasteiger partial charge is 0.381 e. The highest BCUT2D eigenvalue weighted by Gasteiger charge is 2.16. The van der Waals surface area contributed by atoms with Crippen molar-refractivity contribution in [1.82, 2.24) is 9.97 Å². The molecule has 0 unspecified atom stereocenters. The van der Waals surface area contributed by atoms with E-state index in [1.807, 2.05) is 18.5 Å². The number of ether oxygens (including phenoxy) is 1. The number of nitrogens with one attached hydrogen (secondary N) is 1. The summed E-state index contributed by atoms with van der Waals surface area (Å²) in [4.78, 5) is 8.35. The summed E-state index contributed by atoms with van der Waals surface area (Å²) >= 11 is 0. The van der Waals surface area contributed by atoms with E-state index >= 15 is 0 Å². The summed E-state index contributed by atoms with van der Waals surface area (Å²) in [5, 5.41) is 11.2. The number of anilines is 1. The van der Waals surface area contributed by atoms with Crippen LogP contribution >= 0.6 is 0 Å². The molecule has 1 aliphatic rings. The monoisotopic (exact) mass is 218 g/mol. The molecule has 1 aromatic rings. The molecule has 2 heterocycles. The van der Waals surface area contributed by atoms with Crippen LogP contribution in [0.3, 0.4) is 0 Å². The van der Waals surface area contributed by atoms with Crippen molar-refractivity contribution in [3.8, 4) is 6.07 Å². The standard InChI is InChI=1S/C11H14N4O/c12-3-4-13-11-14-7-10(8-15-11)9-1-5-16-6-2-9/h7-9H,1-2,4-6H2,(H,13,14,15). The fourth-order valence-corrected chi connectivity index (χ4v) is 1.79. The normalized spacial score (nSPS) is 16.7. The minimum atomic E-state index is 0.233. The lowest BCUT2D eigenvalue weighted by Gasteiger charge is -2.21. The second-order valence-electron chi connectivity index (χ2n) is 3.74. The van der Waals surface area contributed by atoms with Gasteiger partial charge >= 0.3 is 0 Å². The van der Waals surface area contributed by atoms with Crippen molar-refractivity contribution >= 4 is 5.95 Å². The van der Waals surface area contributed by atoms with Crippen LogP contribution in [-0.2, 0) is 4.74 Å². The van der Waals surface area contributed by atoms with Gasteiger partial charge in [0.15, 0.2) is 0 Å². The molecule has 0 bridgehead atoms. The van der Waals surface area contributed by atoms with Crippen LogP contribution in [0.1, 0.15) is 24.3 Å². The van der Waals surface area contributed by atoms with Gasteiger partial charge in [0.05, 0.1) is 6.07 Å². The van der Waals surface area contributed by atoms with Crippen molar-refractivity contribution in [2.75, 3.05) is 25.1 Å². The Balaban J connectivity index is 1.98. The molecule has 1 saturated heterocycles. The highest BCUT2D eigenvalue weighted by atomic mass is 16.5. The van der Waals surface area contributed by atoms with Gasteiger partial charge in [0.1, 0.15) is 6.54 Å². The number of nitriles is 1. The predicted octanol–water partition coefficient (Wildman–Crippen LogP) is 1.31. The molecule has 1 aromatic heterocycles. The van der Waals surface area contributed by atoms with E-state index in [-0.39, 0.29) is 6.54 Å². The smallest absolute Gasteiger partial charge is 0.223 e. The Labute approximate surface area is 94.5 Å². The van der Waals surface area contributed by atoms with E-state index in [4.69, 9.17) is 10.00 Å². The Morgan fingerprint density at radius 1 is 1.38 bits per heavy atom. The van der Waals surface area contributed by atoms with Crippen LogP contribution in [0.2, 0.25) is 0 Å². The lowest BCUT2D eigenvalue weighted by molar-refractivity contribution is 0.0852. The molecule has 16 heavy (non-hydrogen) atoms. The third-order valence-electron chi connectivity index (χ3n) is 2.69. The molecule has 1 aliphatic heterocycles. The first-order valence-corrected chi connectivity index (χ1v) is 5.40. The molecule has 0 radical (unpaired) electrons. The van der Waals surface area contributed by atoms with Gasteiger partial charge in [-0.1, -0.05) is 0 Å². The molecule has 0 atom stereocenters. The molecule has 2 rings (SSSR count). The van der Waals surface area contributed by atoms with Crippen LogP contribution < -0.4 is 5.32 Å². The first-order valence-electron chi connectivity index (χ1n) is 5.40. The van der Waals surface area contributed by atoms with Crippen LogP contribution in [0.5, 0.6) is 0 Å². The predicted molar refractivity (Wildman–Crippen MR) is 58.9 cm³/mol. The molecule has 1 fully saturated rings. The van der Waals surface area contributed by atoms with Crippen molar-refractivity contribution in [2.45, 2.75) is 18.8 Å². The SMILES string of the molecule is N#CCNc1ncc(C2CCOCC2)cn1. The molecule has 0 aromatic carbocycles. The summed E-state index contributed by atoms with van der Waals surface area (Å²) in [5.41, 5.74) is 1.16. The van der Waals surface area contributed by atoms with Gasteiger partial charge in [-0.2, -0.15) is 5.26 Å². The van der Waals surface area contributed by atoms with Gasteiger partial charge in [-0.15, -0.1) is 0 Å². The maximum atomic E-state index is 8.40. The summed E-state index contributed by atoms with van der Waals surface area (Å²) in [6, 6.07) is 1.99. The topological polar surface area (TPSA) is 70.8 Å². The molecule has 0 spiro atoms. The van der Waals surface area contributed by atoms with Crippen LogP contribution in [0.15, 0.2) is 12.4 Å². The molecule has 0 saturated carbocycles. The number of aromatic nitrogens is 2. The Bertz CT molecular complexity index is 365. The molecule has 5 nitrogen and oxygen atoms in total. The van der Waals surface area contributed by atoms with E-state index in [1.54, 1.807) is 0 Å². The molecule has 0 aliphatic carbocycles. The van der Waals surface area contributed by atoms with Crippen molar-refractivity contribution in [3.05, 3.63) is 18.0 Å². The van der Waals surface area contributed by atoms with Gasteiger partial charge in [0.25, 0.3) is 0 Å². The van der Waals surface area contributed by atoms with Gasteiger partial charge in [-0.25, -0.2) is 9.97 Å². The summed E-state index contributed by atoms with van der Waals surface area (Å²) < 4.78 is 5.31. The second kappa shape index (κ2) is 5.42. The highest BCUT2D eigenvalue weighted by molar-refractivity contribution is 5.27. The van der Waals surface area contributed by atoms with Crippen LogP contribution in [0, 0.1) is 11.3 Å². The molecule has 0 amide bonds. The van der Waals surface area contributed by atoms with Crippen molar-refractivity contribution in [3.63, 3.8) is 0 Å². The van der Waals surface area contributed by atoms with E-state index in [0.717, 1.165) is 31.6 Å². The minimum absolute atomic E-state index is 0.233. The third kappa shape index (κ3) is 2.67. The highest BCUT2D eigenvalue weighted by Crippen LogP contribution is 2.25. The van der Waals surface area contributed by atoms with Gasteiger partial charge in [-0.05, 0) is 24.3 Å². The van der Waals surface area contributed by atoms with E-state index in [0.29, 0.717) is 11.9 Å². The zero-order valence-electron chi connectivity index (χ0n) is 9.02. The minimum Gasteiger partial charge on any atom is -0.381 e. The molecule has 5 heteroatoms. The van der Waals surface area contributed by atoms with Gasteiger partial charge in [0, 0.05) is 25.6 Å². The first kappa shape index (κ1) is 10.8. The van der Waals surface area contributed by atoms with Gasteiger partial charge in [0.2, 0.25) is 5.95 Å². The Morgan fingerprint density at radius 3 is 2.69 bits per heavy atom. The fourth-order valence-electron chi connectivity index (χ4n) is 1.79. The van der Waals surface area contributed by atoms with Crippen LogP contribution in [-0.4, -0.2) is 29.7 Å². The molecule has 1 N–H and O–H groups in total. The van der Waals surface area contributed by atoms with E-state index in [2.05, 4.69) is 15.3 Å². The number of hydrogen-bond acceptors (Lipinski definition) is 5.